The zero-order chi connectivity index (χ0) is 13.3. The van der Waals surface area contributed by atoms with Gasteiger partial charge in [0.05, 0.1) is 0 Å². The molecule has 0 radical (unpaired) electrons. The molecule has 0 amide bonds. The van der Waals surface area contributed by atoms with Crippen molar-refractivity contribution in [2.24, 2.45) is 0 Å². The van der Waals surface area contributed by atoms with Crippen molar-refractivity contribution in [2.45, 2.75) is 38.8 Å². The highest BCUT2D eigenvalue weighted by atomic mass is 16.5. The van der Waals surface area contributed by atoms with Crippen LogP contribution >= 0.6 is 0 Å². The quantitative estimate of drug-likeness (QED) is 0.882. The van der Waals surface area contributed by atoms with Gasteiger partial charge in [-0.2, -0.15) is 0 Å². The van der Waals surface area contributed by atoms with Gasteiger partial charge >= 0.3 is 0 Å². The molecule has 3 heteroatoms. The molecule has 19 heavy (non-hydrogen) atoms. The number of aryl methyl sites for hydroxylation is 1. The molecule has 2 aliphatic rings. The fourth-order valence-electron chi connectivity index (χ4n) is 2.91. The summed E-state index contributed by atoms with van der Waals surface area (Å²) in [6.45, 7) is 9.90. The number of fused-ring (bicyclic) bond motifs is 1. The minimum atomic E-state index is -0.0132. The van der Waals surface area contributed by atoms with E-state index < -0.39 is 0 Å². The Kier molecular flexibility index (Phi) is 3.50. The minimum Gasteiger partial charge on any atom is -0.488 e. The molecule has 0 spiro atoms. The second kappa shape index (κ2) is 5.14. The highest BCUT2D eigenvalue weighted by Gasteiger charge is 2.26. The lowest BCUT2D eigenvalue weighted by molar-refractivity contribution is 0.0844. The summed E-state index contributed by atoms with van der Waals surface area (Å²) in [5.41, 5.74) is 2.72. The van der Waals surface area contributed by atoms with E-state index in [1.54, 1.807) is 0 Å². The standard InChI is InChI=1S/C16H24N2O/c1-16(2)6-5-14-4-3-13(11-15(14)19-16)12-18-9-7-17-8-10-18/h3-4,11,17H,5-10,12H2,1-2H3. The number of hydrogen-bond acceptors (Lipinski definition) is 3. The number of ether oxygens (including phenoxy) is 1. The molecule has 1 aromatic carbocycles. The molecular weight excluding hydrogens is 236 g/mol. The maximum absolute atomic E-state index is 6.12. The third-order valence-corrected chi connectivity index (χ3v) is 4.13. The highest BCUT2D eigenvalue weighted by Crippen LogP contribution is 2.33. The molecule has 3 rings (SSSR count). The predicted octanol–water partition coefficient (Wildman–Crippen LogP) is 2.20. The summed E-state index contributed by atoms with van der Waals surface area (Å²) in [7, 11) is 0. The van der Waals surface area contributed by atoms with E-state index in [1.165, 1.54) is 11.1 Å². The summed E-state index contributed by atoms with van der Waals surface area (Å²) in [6, 6.07) is 6.77. The zero-order valence-electron chi connectivity index (χ0n) is 12.0. The van der Waals surface area contributed by atoms with Gasteiger partial charge in [-0.15, -0.1) is 0 Å². The number of nitrogens with one attached hydrogen (secondary N) is 1. The first-order chi connectivity index (χ1) is 9.12. The number of hydrogen-bond donors (Lipinski definition) is 1. The molecular formula is C16H24N2O. The highest BCUT2D eigenvalue weighted by molar-refractivity contribution is 5.39. The summed E-state index contributed by atoms with van der Waals surface area (Å²) in [4.78, 5) is 2.51. The Labute approximate surface area is 115 Å². The van der Waals surface area contributed by atoms with Crippen LogP contribution in [0.5, 0.6) is 5.75 Å². The minimum absolute atomic E-state index is 0.0132. The van der Waals surface area contributed by atoms with E-state index in [0.717, 1.165) is 51.3 Å². The molecule has 0 atom stereocenters. The third kappa shape index (κ3) is 3.10. The Morgan fingerprint density at radius 3 is 2.84 bits per heavy atom. The Balaban J connectivity index is 1.73. The fourth-order valence-corrected chi connectivity index (χ4v) is 2.91. The summed E-state index contributed by atoms with van der Waals surface area (Å²) in [6.07, 6.45) is 2.24. The molecule has 0 unspecified atom stereocenters. The van der Waals surface area contributed by atoms with Crippen molar-refractivity contribution in [3.05, 3.63) is 29.3 Å². The first kappa shape index (κ1) is 12.9. The summed E-state index contributed by atoms with van der Waals surface area (Å²) in [5.74, 6) is 1.10. The Hall–Kier alpha value is -1.06. The van der Waals surface area contributed by atoms with Gasteiger partial charge in [0, 0.05) is 32.7 Å². The lowest BCUT2D eigenvalue weighted by Gasteiger charge is -2.33. The normalized spacial score (nSPS) is 22.6. The van der Waals surface area contributed by atoms with Gasteiger partial charge in [-0.05, 0) is 43.9 Å². The Morgan fingerprint density at radius 1 is 1.26 bits per heavy atom. The van der Waals surface area contributed by atoms with Crippen LogP contribution in [-0.2, 0) is 13.0 Å². The molecule has 0 aliphatic carbocycles. The SMILES string of the molecule is CC1(C)CCc2ccc(CN3CCNCC3)cc2O1. The molecule has 0 aromatic heterocycles. The molecule has 3 nitrogen and oxygen atoms in total. The van der Waals surface area contributed by atoms with Gasteiger partial charge in [-0.1, -0.05) is 12.1 Å². The van der Waals surface area contributed by atoms with E-state index in [2.05, 4.69) is 42.3 Å². The predicted molar refractivity (Wildman–Crippen MR) is 77.6 cm³/mol. The number of rotatable bonds is 2. The van der Waals surface area contributed by atoms with Crippen LogP contribution in [0.2, 0.25) is 0 Å². The maximum atomic E-state index is 6.12. The van der Waals surface area contributed by atoms with Crippen LogP contribution in [0.25, 0.3) is 0 Å². The monoisotopic (exact) mass is 260 g/mol. The third-order valence-electron chi connectivity index (χ3n) is 4.13. The van der Waals surface area contributed by atoms with Crippen LogP contribution in [0.1, 0.15) is 31.4 Å². The summed E-state index contributed by atoms with van der Waals surface area (Å²) < 4.78 is 6.12. The van der Waals surface area contributed by atoms with Crippen molar-refractivity contribution in [3.63, 3.8) is 0 Å². The molecule has 0 saturated carbocycles. The van der Waals surface area contributed by atoms with Crippen molar-refractivity contribution in [3.8, 4) is 5.75 Å². The van der Waals surface area contributed by atoms with Crippen LogP contribution < -0.4 is 10.1 Å². The lowest BCUT2D eigenvalue weighted by atomic mass is 9.93. The maximum Gasteiger partial charge on any atom is 0.123 e. The van der Waals surface area contributed by atoms with E-state index in [0.29, 0.717) is 0 Å². The van der Waals surface area contributed by atoms with Crippen molar-refractivity contribution in [1.29, 1.82) is 0 Å². The van der Waals surface area contributed by atoms with Crippen LogP contribution in [0, 0.1) is 0 Å². The van der Waals surface area contributed by atoms with Crippen LogP contribution in [0.4, 0.5) is 0 Å². The number of piperazine rings is 1. The van der Waals surface area contributed by atoms with E-state index in [9.17, 15) is 0 Å². The molecule has 1 fully saturated rings. The summed E-state index contributed by atoms with van der Waals surface area (Å²) >= 11 is 0. The second-order valence-corrected chi connectivity index (χ2v) is 6.33. The molecule has 0 bridgehead atoms. The van der Waals surface area contributed by atoms with E-state index >= 15 is 0 Å². The molecule has 1 aromatic rings. The van der Waals surface area contributed by atoms with Crippen molar-refractivity contribution in [1.82, 2.24) is 10.2 Å². The van der Waals surface area contributed by atoms with E-state index in [1.807, 2.05) is 0 Å². The van der Waals surface area contributed by atoms with E-state index in [4.69, 9.17) is 4.74 Å². The zero-order valence-corrected chi connectivity index (χ0v) is 12.0. The van der Waals surface area contributed by atoms with Gasteiger partial charge in [-0.25, -0.2) is 0 Å². The van der Waals surface area contributed by atoms with Crippen molar-refractivity contribution in [2.75, 3.05) is 26.2 Å². The summed E-state index contributed by atoms with van der Waals surface area (Å²) in [5, 5.41) is 3.39. The first-order valence-electron chi connectivity index (χ1n) is 7.36. The van der Waals surface area contributed by atoms with Crippen LogP contribution in [0.15, 0.2) is 18.2 Å². The fraction of sp³-hybridized carbons (Fsp3) is 0.625. The smallest absolute Gasteiger partial charge is 0.123 e. The van der Waals surface area contributed by atoms with Crippen molar-refractivity contribution >= 4 is 0 Å². The Morgan fingerprint density at radius 2 is 2.05 bits per heavy atom. The molecule has 2 aliphatic heterocycles. The topological polar surface area (TPSA) is 24.5 Å². The number of nitrogens with zero attached hydrogens (tertiary/aromatic N) is 1. The van der Waals surface area contributed by atoms with Gasteiger partial charge in [0.1, 0.15) is 11.4 Å². The molecule has 104 valence electrons. The lowest BCUT2D eigenvalue weighted by Crippen LogP contribution is -2.42. The van der Waals surface area contributed by atoms with Gasteiger partial charge in [0.15, 0.2) is 0 Å². The largest absolute Gasteiger partial charge is 0.488 e. The molecule has 1 N–H and O–H groups in total. The van der Waals surface area contributed by atoms with Gasteiger partial charge in [0.25, 0.3) is 0 Å². The molecule has 1 saturated heterocycles. The average Bonchev–Trinajstić information content (AvgIpc) is 2.38. The van der Waals surface area contributed by atoms with Crippen LogP contribution in [0.3, 0.4) is 0 Å². The average molecular weight is 260 g/mol. The van der Waals surface area contributed by atoms with Crippen molar-refractivity contribution < 1.29 is 4.74 Å². The first-order valence-corrected chi connectivity index (χ1v) is 7.36. The number of benzene rings is 1. The van der Waals surface area contributed by atoms with Gasteiger partial charge in [-0.3, -0.25) is 4.90 Å². The second-order valence-electron chi connectivity index (χ2n) is 6.33. The Bertz CT molecular complexity index is 450. The molecule has 2 heterocycles. The van der Waals surface area contributed by atoms with Gasteiger partial charge in [0.2, 0.25) is 0 Å². The van der Waals surface area contributed by atoms with Gasteiger partial charge < -0.3 is 10.1 Å². The van der Waals surface area contributed by atoms with E-state index in [-0.39, 0.29) is 5.60 Å². The van der Waals surface area contributed by atoms with Crippen LogP contribution in [-0.4, -0.2) is 36.7 Å².